The number of hydrogen-bond donors (Lipinski definition) is 0. The summed E-state index contributed by atoms with van der Waals surface area (Å²) in [6.45, 7) is 3.71. The third-order valence-corrected chi connectivity index (χ3v) is 2.50. The number of fused-ring (bicyclic) bond motifs is 1. The Labute approximate surface area is 91.1 Å². The van der Waals surface area contributed by atoms with Crippen LogP contribution in [0.3, 0.4) is 0 Å². The monoisotopic (exact) mass is 220 g/mol. The molecule has 6 nitrogen and oxygen atoms in total. The molecule has 0 aliphatic carbocycles. The number of allylic oxidation sites excluding steroid dienone is 1. The highest BCUT2D eigenvalue weighted by Crippen LogP contribution is 2.02. The molecule has 0 aliphatic rings. The highest BCUT2D eigenvalue weighted by atomic mass is 16.2. The molecule has 0 aliphatic heterocycles. The van der Waals surface area contributed by atoms with Gasteiger partial charge in [0.2, 0.25) is 0 Å². The van der Waals surface area contributed by atoms with Gasteiger partial charge >= 0.3 is 5.69 Å². The molecule has 6 heteroatoms. The van der Waals surface area contributed by atoms with E-state index in [1.807, 2.05) is 0 Å². The summed E-state index contributed by atoms with van der Waals surface area (Å²) in [7, 11) is 3.36. The largest absolute Gasteiger partial charge is 0.332 e. The van der Waals surface area contributed by atoms with Crippen LogP contribution in [0, 0.1) is 0 Å². The zero-order valence-corrected chi connectivity index (χ0v) is 9.17. The molecule has 0 N–H and O–H groups in total. The molecule has 84 valence electrons. The van der Waals surface area contributed by atoms with Crippen molar-refractivity contribution in [3.8, 4) is 0 Å². The Balaban J connectivity index is 3.02. The van der Waals surface area contributed by atoms with E-state index in [1.54, 1.807) is 18.7 Å². The van der Waals surface area contributed by atoms with E-state index < -0.39 is 0 Å². The second kappa shape index (κ2) is 3.48. The summed E-state index contributed by atoms with van der Waals surface area (Å²) in [5.74, 6) is 0. The Morgan fingerprint density at radius 2 is 2.12 bits per heavy atom. The van der Waals surface area contributed by atoms with E-state index in [1.165, 1.54) is 17.0 Å². The zero-order chi connectivity index (χ0) is 11.9. The first-order valence-corrected chi connectivity index (χ1v) is 4.79. The first-order chi connectivity index (χ1) is 7.57. The van der Waals surface area contributed by atoms with Gasteiger partial charge in [0.05, 0.1) is 6.33 Å². The van der Waals surface area contributed by atoms with Crippen LogP contribution in [0.4, 0.5) is 0 Å². The molecule has 2 aromatic heterocycles. The van der Waals surface area contributed by atoms with Gasteiger partial charge in [-0.15, -0.1) is 6.58 Å². The third-order valence-electron chi connectivity index (χ3n) is 2.50. The van der Waals surface area contributed by atoms with Gasteiger partial charge < -0.3 is 4.57 Å². The van der Waals surface area contributed by atoms with E-state index in [0.29, 0.717) is 11.2 Å². The number of aryl methyl sites for hydroxylation is 2. The second-order valence-corrected chi connectivity index (χ2v) is 3.57. The van der Waals surface area contributed by atoms with Crippen molar-refractivity contribution in [3.63, 3.8) is 0 Å². The fraction of sp³-hybridized carbons (Fsp3) is 0.300. The Kier molecular flexibility index (Phi) is 2.26. The summed E-state index contributed by atoms with van der Waals surface area (Å²) in [5.41, 5.74) is 0.0846. The van der Waals surface area contributed by atoms with E-state index in [2.05, 4.69) is 11.6 Å². The van der Waals surface area contributed by atoms with E-state index in [-0.39, 0.29) is 17.8 Å². The fourth-order valence-electron chi connectivity index (χ4n) is 1.75. The Morgan fingerprint density at radius 3 is 2.75 bits per heavy atom. The first-order valence-electron chi connectivity index (χ1n) is 4.79. The van der Waals surface area contributed by atoms with Gasteiger partial charge in [-0.25, -0.2) is 9.78 Å². The van der Waals surface area contributed by atoms with E-state index in [4.69, 9.17) is 0 Å². The van der Waals surface area contributed by atoms with Crippen LogP contribution < -0.4 is 11.2 Å². The topological polar surface area (TPSA) is 61.8 Å². The summed E-state index contributed by atoms with van der Waals surface area (Å²) in [6.07, 6.45) is 3.03. The Morgan fingerprint density at radius 1 is 1.44 bits per heavy atom. The molecule has 0 atom stereocenters. The van der Waals surface area contributed by atoms with Crippen molar-refractivity contribution in [2.45, 2.75) is 6.54 Å². The average Bonchev–Trinajstić information content (AvgIpc) is 2.64. The van der Waals surface area contributed by atoms with Gasteiger partial charge in [-0.2, -0.15) is 0 Å². The van der Waals surface area contributed by atoms with Crippen molar-refractivity contribution >= 4 is 11.2 Å². The molecule has 0 spiro atoms. The van der Waals surface area contributed by atoms with Crippen LogP contribution in [0.1, 0.15) is 0 Å². The van der Waals surface area contributed by atoms with Crippen LogP contribution >= 0.6 is 0 Å². The number of nitrogens with zero attached hydrogens (tertiary/aromatic N) is 4. The van der Waals surface area contributed by atoms with Gasteiger partial charge in [-0.1, -0.05) is 6.08 Å². The smallest absolute Gasteiger partial charge is 0.320 e. The van der Waals surface area contributed by atoms with Crippen LogP contribution in [-0.2, 0) is 20.6 Å². The predicted molar refractivity (Wildman–Crippen MR) is 60.4 cm³/mol. The third kappa shape index (κ3) is 1.23. The number of rotatable bonds is 2. The maximum Gasteiger partial charge on any atom is 0.332 e. The minimum Gasteiger partial charge on any atom is -0.320 e. The molecule has 0 bridgehead atoms. The van der Waals surface area contributed by atoms with Gasteiger partial charge in [-0.3, -0.25) is 13.9 Å². The highest BCUT2D eigenvalue weighted by Gasteiger charge is 2.13. The normalized spacial score (nSPS) is 10.9. The summed E-state index contributed by atoms with van der Waals surface area (Å²) < 4.78 is 4.17. The minimum atomic E-state index is -0.376. The van der Waals surface area contributed by atoms with Gasteiger partial charge in [0.25, 0.3) is 5.56 Å². The zero-order valence-electron chi connectivity index (χ0n) is 9.17. The summed E-state index contributed by atoms with van der Waals surface area (Å²) >= 11 is 0. The van der Waals surface area contributed by atoms with E-state index >= 15 is 0 Å². The number of hydrogen-bond acceptors (Lipinski definition) is 3. The molecule has 2 heterocycles. The molecule has 0 aromatic carbocycles. The lowest BCUT2D eigenvalue weighted by Crippen LogP contribution is -2.39. The number of imidazole rings is 1. The van der Waals surface area contributed by atoms with E-state index in [0.717, 1.165) is 4.57 Å². The Bertz CT molecular complexity index is 674. The quantitative estimate of drug-likeness (QED) is 0.648. The fourth-order valence-corrected chi connectivity index (χ4v) is 1.75. The van der Waals surface area contributed by atoms with Crippen molar-refractivity contribution in [2.24, 2.45) is 14.1 Å². The van der Waals surface area contributed by atoms with E-state index in [9.17, 15) is 9.59 Å². The van der Waals surface area contributed by atoms with Gasteiger partial charge in [0, 0.05) is 20.6 Å². The van der Waals surface area contributed by atoms with Gasteiger partial charge in [-0.05, 0) is 0 Å². The molecular formula is C10H12N4O2. The molecule has 2 aromatic rings. The Hall–Kier alpha value is -2.11. The molecule has 2 rings (SSSR count). The predicted octanol–water partition coefficient (Wildman–Crippen LogP) is -0.380. The molecule has 0 saturated carbocycles. The maximum absolute atomic E-state index is 11.9. The lowest BCUT2D eigenvalue weighted by molar-refractivity contribution is 0.661. The SMILES string of the molecule is C=CCn1c(=O)c2ncn(C)c2n(C)c1=O. The highest BCUT2D eigenvalue weighted by molar-refractivity contribution is 5.69. The van der Waals surface area contributed by atoms with Crippen LogP contribution in [0.25, 0.3) is 11.2 Å². The van der Waals surface area contributed by atoms with Crippen LogP contribution in [0.15, 0.2) is 28.6 Å². The van der Waals surface area contributed by atoms with Crippen molar-refractivity contribution < 1.29 is 0 Å². The molecule has 0 amide bonds. The van der Waals surface area contributed by atoms with Gasteiger partial charge in [0.15, 0.2) is 5.52 Å². The average molecular weight is 220 g/mol. The van der Waals surface area contributed by atoms with Crippen LogP contribution in [0.2, 0.25) is 0 Å². The summed E-state index contributed by atoms with van der Waals surface area (Å²) in [5, 5.41) is 0. The lowest BCUT2D eigenvalue weighted by atomic mass is 10.5. The lowest BCUT2D eigenvalue weighted by Gasteiger charge is -2.06. The molecule has 0 radical (unpaired) electrons. The summed E-state index contributed by atoms with van der Waals surface area (Å²) in [4.78, 5) is 27.8. The van der Waals surface area contributed by atoms with Crippen molar-refractivity contribution in [1.29, 1.82) is 0 Å². The molecule has 16 heavy (non-hydrogen) atoms. The van der Waals surface area contributed by atoms with Crippen molar-refractivity contribution in [1.82, 2.24) is 18.7 Å². The molecule has 0 saturated heterocycles. The second-order valence-electron chi connectivity index (χ2n) is 3.57. The van der Waals surface area contributed by atoms with Crippen LogP contribution in [-0.4, -0.2) is 18.7 Å². The molecule has 0 unspecified atom stereocenters. The maximum atomic E-state index is 11.9. The molecular weight excluding hydrogens is 208 g/mol. The van der Waals surface area contributed by atoms with Crippen molar-refractivity contribution in [2.75, 3.05) is 0 Å². The number of aromatic nitrogens is 4. The standard InChI is InChI=1S/C10H12N4O2/c1-4-5-14-9(15)7-8(12(2)6-11-7)13(3)10(14)16/h4,6H,1,5H2,2-3H3. The van der Waals surface area contributed by atoms with Gasteiger partial charge in [0.1, 0.15) is 5.65 Å². The minimum absolute atomic E-state index is 0.192. The molecule has 0 fully saturated rings. The van der Waals surface area contributed by atoms with Crippen LogP contribution in [0.5, 0.6) is 0 Å². The summed E-state index contributed by atoms with van der Waals surface area (Å²) in [6, 6.07) is 0. The first kappa shape index (κ1) is 10.4. The van der Waals surface area contributed by atoms with Crippen molar-refractivity contribution in [3.05, 3.63) is 39.8 Å².